The van der Waals surface area contributed by atoms with E-state index in [0.717, 1.165) is 31.8 Å². The van der Waals surface area contributed by atoms with E-state index in [-0.39, 0.29) is 5.41 Å². The van der Waals surface area contributed by atoms with Gasteiger partial charge in [-0.3, -0.25) is 4.68 Å². The van der Waals surface area contributed by atoms with Gasteiger partial charge in [-0.05, 0) is 25.9 Å². The highest BCUT2D eigenvalue weighted by Gasteiger charge is 2.31. The first-order valence-electron chi connectivity index (χ1n) is 6.73. The van der Waals surface area contributed by atoms with Crippen molar-refractivity contribution >= 4 is 0 Å². The van der Waals surface area contributed by atoms with Gasteiger partial charge in [-0.1, -0.05) is 6.92 Å². The summed E-state index contributed by atoms with van der Waals surface area (Å²) in [7, 11) is 1.89. The fourth-order valence-electron chi connectivity index (χ4n) is 2.79. The first kappa shape index (κ1) is 12.3. The van der Waals surface area contributed by atoms with Crippen molar-refractivity contribution in [3.05, 3.63) is 30.4 Å². The number of piperidine rings is 1. The molecule has 3 heterocycles. The summed E-state index contributed by atoms with van der Waals surface area (Å²) in [5.74, 6) is 0.833. The molecular weight excluding hydrogens is 240 g/mol. The normalized spacial score (nSPS) is 18.6. The summed E-state index contributed by atoms with van der Waals surface area (Å²) in [4.78, 5) is 8.62. The van der Waals surface area contributed by atoms with Crippen LogP contribution in [0.2, 0.25) is 0 Å². The summed E-state index contributed by atoms with van der Waals surface area (Å²) >= 11 is 0. The van der Waals surface area contributed by atoms with E-state index in [1.165, 1.54) is 5.69 Å². The minimum absolute atomic E-state index is 0.205. The standard InChI is InChI=1S/C13H20N6/c1-13(3-5-14-6-4-13)11-7-15-9-19(11)8-12-16-10-18(2)17-12/h7,9-10,14H,3-6,8H2,1-2H3. The molecule has 3 rings (SSSR count). The maximum Gasteiger partial charge on any atom is 0.170 e. The highest BCUT2D eigenvalue weighted by molar-refractivity contribution is 5.16. The molecule has 0 bridgehead atoms. The predicted molar refractivity (Wildman–Crippen MR) is 71.8 cm³/mol. The van der Waals surface area contributed by atoms with E-state index in [1.807, 2.05) is 19.6 Å². The van der Waals surface area contributed by atoms with Crippen molar-refractivity contribution in [1.29, 1.82) is 0 Å². The zero-order valence-electron chi connectivity index (χ0n) is 11.5. The Labute approximate surface area is 112 Å². The topological polar surface area (TPSA) is 60.6 Å². The van der Waals surface area contributed by atoms with Gasteiger partial charge in [0, 0.05) is 24.4 Å². The van der Waals surface area contributed by atoms with E-state index >= 15 is 0 Å². The SMILES string of the molecule is Cn1cnc(Cn2cncc2C2(C)CCNCC2)n1. The van der Waals surface area contributed by atoms with Crippen molar-refractivity contribution in [1.82, 2.24) is 29.6 Å². The molecule has 0 spiro atoms. The summed E-state index contributed by atoms with van der Waals surface area (Å²) in [6.07, 6.45) is 7.91. The van der Waals surface area contributed by atoms with Crippen molar-refractivity contribution in [3.8, 4) is 0 Å². The lowest BCUT2D eigenvalue weighted by molar-refractivity contribution is 0.318. The van der Waals surface area contributed by atoms with E-state index in [4.69, 9.17) is 0 Å². The van der Waals surface area contributed by atoms with Gasteiger partial charge in [0.25, 0.3) is 0 Å². The molecule has 1 N–H and O–H groups in total. The van der Waals surface area contributed by atoms with Crippen molar-refractivity contribution in [3.63, 3.8) is 0 Å². The Balaban J connectivity index is 1.85. The maximum atomic E-state index is 4.34. The van der Waals surface area contributed by atoms with Crippen LogP contribution in [0.25, 0.3) is 0 Å². The number of nitrogens with zero attached hydrogens (tertiary/aromatic N) is 5. The van der Waals surface area contributed by atoms with Crippen molar-refractivity contribution in [2.45, 2.75) is 31.7 Å². The third kappa shape index (κ3) is 2.40. The Morgan fingerprint density at radius 1 is 1.32 bits per heavy atom. The van der Waals surface area contributed by atoms with E-state index < -0.39 is 0 Å². The monoisotopic (exact) mass is 260 g/mol. The molecular formula is C13H20N6. The number of hydrogen-bond acceptors (Lipinski definition) is 4. The molecule has 1 saturated heterocycles. The van der Waals surface area contributed by atoms with Crippen molar-refractivity contribution in [2.24, 2.45) is 7.05 Å². The molecule has 6 nitrogen and oxygen atoms in total. The lowest BCUT2D eigenvalue weighted by Crippen LogP contribution is -2.39. The van der Waals surface area contributed by atoms with Crippen LogP contribution in [0.4, 0.5) is 0 Å². The number of hydrogen-bond donors (Lipinski definition) is 1. The van der Waals surface area contributed by atoms with E-state index in [1.54, 1.807) is 11.0 Å². The van der Waals surface area contributed by atoms with Crippen molar-refractivity contribution < 1.29 is 0 Å². The van der Waals surface area contributed by atoms with Gasteiger partial charge in [-0.25, -0.2) is 9.97 Å². The third-order valence-corrected chi connectivity index (χ3v) is 4.00. The van der Waals surface area contributed by atoms with Crippen LogP contribution in [0.1, 0.15) is 31.3 Å². The number of imidazole rings is 1. The third-order valence-electron chi connectivity index (χ3n) is 4.00. The molecule has 19 heavy (non-hydrogen) atoms. The summed E-state index contributed by atoms with van der Waals surface area (Å²) < 4.78 is 3.92. The van der Waals surface area contributed by atoms with E-state index in [0.29, 0.717) is 6.54 Å². The van der Waals surface area contributed by atoms with Gasteiger partial charge in [0.15, 0.2) is 5.82 Å². The Kier molecular flexibility index (Phi) is 3.10. The lowest BCUT2D eigenvalue weighted by atomic mass is 9.78. The molecule has 0 unspecified atom stereocenters. The number of aromatic nitrogens is 5. The Bertz CT molecular complexity index is 549. The summed E-state index contributed by atoms with van der Waals surface area (Å²) in [6, 6.07) is 0. The van der Waals surface area contributed by atoms with Gasteiger partial charge in [-0.15, -0.1) is 0 Å². The molecule has 0 amide bonds. The van der Waals surface area contributed by atoms with Gasteiger partial charge < -0.3 is 9.88 Å². The maximum absolute atomic E-state index is 4.34. The Hall–Kier alpha value is -1.69. The van der Waals surface area contributed by atoms with Crippen LogP contribution in [0, 0.1) is 0 Å². The highest BCUT2D eigenvalue weighted by atomic mass is 15.3. The molecule has 2 aromatic heterocycles. The molecule has 2 aromatic rings. The second-order valence-corrected chi connectivity index (χ2v) is 5.55. The molecule has 1 aliphatic rings. The fraction of sp³-hybridized carbons (Fsp3) is 0.615. The van der Waals surface area contributed by atoms with Gasteiger partial charge >= 0.3 is 0 Å². The molecule has 0 aliphatic carbocycles. The zero-order valence-corrected chi connectivity index (χ0v) is 11.5. The lowest BCUT2D eigenvalue weighted by Gasteiger charge is -2.34. The van der Waals surface area contributed by atoms with Crippen LogP contribution >= 0.6 is 0 Å². The quantitative estimate of drug-likeness (QED) is 0.882. The zero-order chi connectivity index (χ0) is 13.3. The summed E-state index contributed by atoms with van der Waals surface area (Å²) in [5, 5.41) is 7.76. The largest absolute Gasteiger partial charge is 0.326 e. The second kappa shape index (κ2) is 4.77. The van der Waals surface area contributed by atoms with Crippen LogP contribution in [0.3, 0.4) is 0 Å². The summed E-state index contributed by atoms with van der Waals surface area (Å²) in [5.41, 5.74) is 1.50. The number of nitrogens with one attached hydrogen (secondary N) is 1. The minimum Gasteiger partial charge on any atom is -0.326 e. The molecule has 0 radical (unpaired) electrons. The first-order valence-corrected chi connectivity index (χ1v) is 6.73. The molecule has 0 atom stereocenters. The molecule has 102 valence electrons. The van der Waals surface area contributed by atoms with Gasteiger partial charge in [0.05, 0.1) is 12.9 Å². The smallest absolute Gasteiger partial charge is 0.170 e. The van der Waals surface area contributed by atoms with Gasteiger partial charge in [-0.2, -0.15) is 5.10 Å². The second-order valence-electron chi connectivity index (χ2n) is 5.55. The molecule has 0 aromatic carbocycles. The van der Waals surface area contributed by atoms with Crippen LogP contribution < -0.4 is 5.32 Å². The Morgan fingerprint density at radius 3 is 2.79 bits per heavy atom. The van der Waals surface area contributed by atoms with Gasteiger partial charge in [0.2, 0.25) is 0 Å². The molecule has 6 heteroatoms. The highest BCUT2D eigenvalue weighted by Crippen LogP contribution is 2.32. The minimum atomic E-state index is 0.205. The van der Waals surface area contributed by atoms with Crippen LogP contribution in [0.5, 0.6) is 0 Å². The van der Waals surface area contributed by atoms with Crippen LogP contribution in [-0.4, -0.2) is 37.4 Å². The number of aryl methyl sites for hydroxylation is 1. The predicted octanol–water partition coefficient (Wildman–Crippen LogP) is 0.701. The molecule has 1 fully saturated rings. The van der Waals surface area contributed by atoms with E-state index in [9.17, 15) is 0 Å². The van der Waals surface area contributed by atoms with Crippen LogP contribution in [-0.2, 0) is 19.0 Å². The molecule has 0 saturated carbocycles. The Morgan fingerprint density at radius 2 is 2.11 bits per heavy atom. The fourth-order valence-corrected chi connectivity index (χ4v) is 2.79. The van der Waals surface area contributed by atoms with E-state index in [2.05, 4.69) is 31.9 Å². The summed E-state index contributed by atoms with van der Waals surface area (Å²) in [6.45, 7) is 5.17. The molecule has 1 aliphatic heterocycles. The first-order chi connectivity index (χ1) is 9.17. The average molecular weight is 260 g/mol. The average Bonchev–Trinajstić information content (AvgIpc) is 3.00. The van der Waals surface area contributed by atoms with Gasteiger partial charge in [0.1, 0.15) is 6.33 Å². The van der Waals surface area contributed by atoms with Crippen LogP contribution in [0.15, 0.2) is 18.9 Å². The number of rotatable bonds is 3. The van der Waals surface area contributed by atoms with Crippen molar-refractivity contribution in [2.75, 3.05) is 13.1 Å².